The summed E-state index contributed by atoms with van der Waals surface area (Å²) in [5.41, 5.74) is 2.05. The highest BCUT2D eigenvalue weighted by atomic mass is 16.5. The van der Waals surface area contributed by atoms with Gasteiger partial charge in [-0.05, 0) is 36.6 Å². The first-order valence-electron chi connectivity index (χ1n) is 6.14. The van der Waals surface area contributed by atoms with Crippen LogP contribution < -0.4 is 9.64 Å². The fraction of sp³-hybridized carbons (Fsp3) is 0.308. The Morgan fingerprint density at radius 2 is 2.37 bits per heavy atom. The summed E-state index contributed by atoms with van der Waals surface area (Å²) in [6.07, 6.45) is 3.22. The molecular weight excluding hydrogens is 244 g/mol. The number of aromatic amines is 1. The predicted octanol–water partition coefficient (Wildman–Crippen LogP) is 1.41. The van der Waals surface area contributed by atoms with Gasteiger partial charge in [0.15, 0.2) is 0 Å². The van der Waals surface area contributed by atoms with E-state index < -0.39 is 0 Å². The number of fused-ring (bicyclic) bond motifs is 1. The predicted molar refractivity (Wildman–Crippen MR) is 69.4 cm³/mol. The number of aryl methyl sites for hydroxylation is 1. The normalized spacial score (nSPS) is 14.1. The fourth-order valence-corrected chi connectivity index (χ4v) is 2.35. The zero-order chi connectivity index (χ0) is 13.2. The Hall–Kier alpha value is -2.37. The molecule has 2 aromatic rings. The Balaban J connectivity index is 1.96. The maximum atomic E-state index is 12.3. The Morgan fingerprint density at radius 1 is 1.47 bits per heavy atom. The topological polar surface area (TPSA) is 71.1 Å². The standard InChI is InChI=1S/C13H14N4O2/c1-19-10-4-5-11-9(7-10)3-2-6-17(11)13(18)12-14-8-15-16-12/h4-5,7-8H,2-3,6H2,1H3,(H,14,15,16). The molecule has 0 bridgehead atoms. The molecule has 1 aromatic carbocycles. The van der Waals surface area contributed by atoms with Crippen LogP contribution in [0, 0.1) is 0 Å². The van der Waals surface area contributed by atoms with Crippen LogP contribution in [-0.2, 0) is 6.42 Å². The Morgan fingerprint density at radius 3 is 3.11 bits per heavy atom. The molecule has 98 valence electrons. The molecule has 1 N–H and O–H groups in total. The van der Waals surface area contributed by atoms with Crippen LogP contribution in [0.25, 0.3) is 0 Å². The molecule has 19 heavy (non-hydrogen) atoms. The van der Waals surface area contributed by atoms with Gasteiger partial charge in [-0.1, -0.05) is 0 Å². The van der Waals surface area contributed by atoms with Gasteiger partial charge in [-0.25, -0.2) is 4.98 Å². The summed E-state index contributed by atoms with van der Waals surface area (Å²) in [6, 6.07) is 5.77. The summed E-state index contributed by atoms with van der Waals surface area (Å²) in [5, 5.41) is 6.33. The minimum Gasteiger partial charge on any atom is -0.497 e. The van der Waals surface area contributed by atoms with Gasteiger partial charge in [-0.3, -0.25) is 9.89 Å². The third-order valence-corrected chi connectivity index (χ3v) is 3.27. The molecule has 1 amide bonds. The maximum Gasteiger partial charge on any atom is 0.295 e. The first-order chi connectivity index (χ1) is 9.29. The number of anilines is 1. The van der Waals surface area contributed by atoms with Gasteiger partial charge in [0.05, 0.1) is 7.11 Å². The quantitative estimate of drug-likeness (QED) is 0.884. The number of H-pyrrole nitrogens is 1. The smallest absolute Gasteiger partial charge is 0.295 e. The molecule has 0 aliphatic carbocycles. The van der Waals surface area contributed by atoms with E-state index in [2.05, 4.69) is 15.2 Å². The second-order valence-electron chi connectivity index (χ2n) is 4.39. The van der Waals surface area contributed by atoms with Gasteiger partial charge in [0, 0.05) is 12.2 Å². The van der Waals surface area contributed by atoms with Crippen molar-refractivity contribution in [2.75, 3.05) is 18.6 Å². The number of rotatable bonds is 2. The highest BCUT2D eigenvalue weighted by molar-refractivity contribution is 6.04. The van der Waals surface area contributed by atoms with E-state index in [4.69, 9.17) is 4.74 Å². The van der Waals surface area contributed by atoms with Crippen LogP contribution in [0.3, 0.4) is 0 Å². The summed E-state index contributed by atoms with van der Waals surface area (Å²) in [6.45, 7) is 0.693. The molecule has 0 unspecified atom stereocenters. The molecule has 3 rings (SSSR count). The lowest BCUT2D eigenvalue weighted by Gasteiger charge is -2.29. The number of benzene rings is 1. The second kappa shape index (κ2) is 4.72. The molecule has 0 atom stereocenters. The van der Waals surface area contributed by atoms with Crippen LogP contribution in [0.5, 0.6) is 5.75 Å². The molecule has 2 heterocycles. The highest BCUT2D eigenvalue weighted by Gasteiger charge is 2.25. The summed E-state index contributed by atoms with van der Waals surface area (Å²) < 4.78 is 5.22. The number of ether oxygens (including phenoxy) is 1. The van der Waals surface area contributed by atoms with Crippen molar-refractivity contribution in [1.82, 2.24) is 15.2 Å². The van der Waals surface area contributed by atoms with E-state index in [1.54, 1.807) is 12.0 Å². The zero-order valence-corrected chi connectivity index (χ0v) is 10.6. The van der Waals surface area contributed by atoms with Gasteiger partial charge in [-0.15, -0.1) is 0 Å². The Kier molecular flexibility index (Phi) is 2.91. The molecule has 0 saturated heterocycles. The fourth-order valence-electron chi connectivity index (χ4n) is 2.35. The molecule has 0 spiro atoms. The molecular formula is C13H14N4O2. The van der Waals surface area contributed by atoms with Gasteiger partial charge in [0.25, 0.3) is 5.91 Å². The van der Waals surface area contributed by atoms with Crippen molar-refractivity contribution in [1.29, 1.82) is 0 Å². The average Bonchev–Trinajstić information content (AvgIpc) is 2.99. The van der Waals surface area contributed by atoms with E-state index in [1.807, 2.05) is 18.2 Å². The molecule has 0 saturated carbocycles. The second-order valence-corrected chi connectivity index (χ2v) is 4.39. The van der Waals surface area contributed by atoms with Crippen molar-refractivity contribution in [3.8, 4) is 5.75 Å². The van der Waals surface area contributed by atoms with E-state index in [-0.39, 0.29) is 11.7 Å². The molecule has 1 aromatic heterocycles. The van der Waals surface area contributed by atoms with Gasteiger partial charge >= 0.3 is 0 Å². The number of nitrogens with zero attached hydrogens (tertiary/aromatic N) is 3. The van der Waals surface area contributed by atoms with Crippen LogP contribution in [-0.4, -0.2) is 34.7 Å². The van der Waals surface area contributed by atoms with E-state index >= 15 is 0 Å². The molecule has 1 aliphatic heterocycles. The average molecular weight is 258 g/mol. The lowest BCUT2D eigenvalue weighted by Crippen LogP contribution is -2.36. The van der Waals surface area contributed by atoms with Gasteiger partial charge < -0.3 is 9.64 Å². The summed E-state index contributed by atoms with van der Waals surface area (Å²) in [4.78, 5) is 18.0. The molecule has 0 radical (unpaired) electrons. The van der Waals surface area contributed by atoms with E-state index in [9.17, 15) is 4.79 Å². The number of hydrogen-bond acceptors (Lipinski definition) is 4. The molecule has 0 fully saturated rings. The number of carbonyl (C=O) groups is 1. The number of aromatic nitrogens is 3. The summed E-state index contributed by atoms with van der Waals surface area (Å²) in [5.74, 6) is 0.931. The van der Waals surface area contributed by atoms with Crippen LogP contribution in [0.2, 0.25) is 0 Å². The SMILES string of the molecule is COc1ccc2c(c1)CCCN2C(=O)c1ncn[nH]1. The van der Waals surface area contributed by atoms with Crippen LogP contribution in [0.1, 0.15) is 22.6 Å². The zero-order valence-electron chi connectivity index (χ0n) is 10.6. The van der Waals surface area contributed by atoms with Crippen LogP contribution in [0.4, 0.5) is 5.69 Å². The number of carbonyl (C=O) groups excluding carboxylic acids is 1. The van der Waals surface area contributed by atoms with Gasteiger partial charge in [0.1, 0.15) is 12.1 Å². The van der Waals surface area contributed by atoms with Crippen molar-refractivity contribution in [2.24, 2.45) is 0 Å². The van der Waals surface area contributed by atoms with Crippen molar-refractivity contribution in [2.45, 2.75) is 12.8 Å². The van der Waals surface area contributed by atoms with Crippen molar-refractivity contribution >= 4 is 11.6 Å². The molecule has 1 aliphatic rings. The first kappa shape index (κ1) is 11.7. The Labute approximate surface area is 110 Å². The summed E-state index contributed by atoms with van der Waals surface area (Å²) >= 11 is 0. The van der Waals surface area contributed by atoms with Crippen LogP contribution in [0.15, 0.2) is 24.5 Å². The number of methoxy groups -OCH3 is 1. The lowest BCUT2D eigenvalue weighted by molar-refractivity contribution is 0.0975. The minimum absolute atomic E-state index is 0.149. The van der Waals surface area contributed by atoms with Gasteiger partial charge in [-0.2, -0.15) is 5.10 Å². The lowest BCUT2D eigenvalue weighted by atomic mass is 10.0. The van der Waals surface area contributed by atoms with Crippen LogP contribution >= 0.6 is 0 Å². The first-order valence-corrected chi connectivity index (χ1v) is 6.14. The Bertz CT molecular complexity index is 595. The van der Waals surface area contributed by atoms with E-state index in [0.717, 1.165) is 29.8 Å². The highest BCUT2D eigenvalue weighted by Crippen LogP contribution is 2.31. The number of amides is 1. The van der Waals surface area contributed by atoms with Gasteiger partial charge in [0.2, 0.25) is 5.82 Å². The monoisotopic (exact) mass is 258 g/mol. The minimum atomic E-state index is -0.149. The third-order valence-electron chi connectivity index (χ3n) is 3.27. The molecule has 6 heteroatoms. The third kappa shape index (κ3) is 2.05. The van der Waals surface area contributed by atoms with Crippen molar-refractivity contribution < 1.29 is 9.53 Å². The molecule has 6 nitrogen and oxygen atoms in total. The van der Waals surface area contributed by atoms with E-state index in [1.165, 1.54) is 6.33 Å². The maximum absolute atomic E-state index is 12.3. The van der Waals surface area contributed by atoms with Crippen molar-refractivity contribution in [3.63, 3.8) is 0 Å². The number of hydrogen-bond donors (Lipinski definition) is 1. The number of nitrogens with one attached hydrogen (secondary N) is 1. The largest absolute Gasteiger partial charge is 0.497 e. The van der Waals surface area contributed by atoms with E-state index in [0.29, 0.717) is 6.54 Å². The summed E-state index contributed by atoms with van der Waals surface area (Å²) in [7, 11) is 1.64. The van der Waals surface area contributed by atoms with Crippen molar-refractivity contribution in [3.05, 3.63) is 35.9 Å².